The Balaban J connectivity index is 1.44. The predicted molar refractivity (Wildman–Crippen MR) is 134 cm³/mol. The Labute approximate surface area is 193 Å². The Hall–Kier alpha value is -3.69. The number of rotatable bonds is 5. The highest BCUT2D eigenvalue weighted by atomic mass is 35.5. The van der Waals surface area contributed by atoms with Gasteiger partial charge in [-0.1, -0.05) is 84.4 Å². The lowest BCUT2D eigenvalue weighted by molar-refractivity contribution is 0.709. The average molecular weight is 436 g/mol. The van der Waals surface area contributed by atoms with Crippen molar-refractivity contribution in [1.29, 1.82) is 0 Å². The third kappa shape index (κ3) is 4.48. The summed E-state index contributed by atoms with van der Waals surface area (Å²) < 4.78 is 0. The SMILES string of the molecule is Clc1ccc(C2=NN(c3ccc(C=Nc4ccccc4)cc3)[C@H](c3ccccc3)C2)cc1. The van der Waals surface area contributed by atoms with Crippen LogP contribution in [0.2, 0.25) is 5.02 Å². The number of anilines is 1. The summed E-state index contributed by atoms with van der Waals surface area (Å²) in [6.45, 7) is 0. The van der Waals surface area contributed by atoms with Gasteiger partial charge in [0.2, 0.25) is 0 Å². The van der Waals surface area contributed by atoms with Crippen LogP contribution in [0.4, 0.5) is 11.4 Å². The molecule has 0 amide bonds. The van der Waals surface area contributed by atoms with Gasteiger partial charge in [0.15, 0.2) is 0 Å². The van der Waals surface area contributed by atoms with Crippen LogP contribution in [0.25, 0.3) is 0 Å². The normalized spacial score (nSPS) is 15.8. The molecule has 5 rings (SSSR count). The number of benzene rings is 4. The number of hydrogen-bond donors (Lipinski definition) is 0. The van der Waals surface area contributed by atoms with Crippen LogP contribution < -0.4 is 5.01 Å². The molecule has 0 radical (unpaired) electrons. The molecule has 0 aromatic heterocycles. The zero-order chi connectivity index (χ0) is 21.8. The second-order valence-electron chi connectivity index (χ2n) is 7.71. The van der Waals surface area contributed by atoms with Crippen molar-refractivity contribution in [2.24, 2.45) is 10.1 Å². The highest BCUT2D eigenvalue weighted by Gasteiger charge is 2.29. The van der Waals surface area contributed by atoms with Gasteiger partial charge in [-0.15, -0.1) is 0 Å². The molecular formula is C28H22ClN3. The van der Waals surface area contributed by atoms with E-state index < -0.39 is 0 Å². The fourth-order valence-corrected chi connectivity index (χ4v) is 4.00. The molecular weight excluding hydrogens is 414 g/mol. The fourth-order valence-electron chi connectivity index (χ4n) is 3.88. The van der Waals surface area contributed by atoms with Crippen LogP contribution in [0.15, 0.2) is 119 Å². The van der Waals surface area contributed by atoms with Gasteiger partial charge in [0.1, 0.15) is 0 Å². The van der Waals surface area contributed by atoms with Gasteiger partial charge in [0.05, 0.1) is 23.1 Å². The summed E-state index contributed by atoms with van der Waals surface area (Å²) in [4.78, 5) is 4.55. The summed E-state index contributed by atoms with van der Waals surface area (Å²) in [5.41, 5.74) is 6.46. The summed E-state index contributed by atoms with van der Waals surface area (Å²) in [5.74, 6) is 0. The van der Waals surface area contributed by atoms with Gasteiger partial charge in [-0.2, -0.15) is 5.10 Å². The van der Waals surface area contributed by atoms with Crippen LogP contribution in [0.5, 0.6) is 0 Å². The first-order valence-corrected chi connectivity index (χ1v) is 11.0. The standard InChI is InChI=1S/C28H22ClN3/c29-24-15-13-22(14-16-24)27-19-28(23-7-3-1-4-8-23)32(31-27)26-17-11-21(12-18-26)20-30-25-9-5-2-6-10-25/h1-18,20,28H,19H2/t28-/m0/s1. The number of hydrogen-bond acceptors (Lipinski definition) is 3. The van der Waals surface area contributed by atoms with Gasteiger partial charge >= 0.3 is 0 Å². The van der Waals surface area contributed by atoms with E-state index in [4.69, 9.17) is 16.7 Å². The van der Waals surface area contributed by atoms with E-state index in [2.05, 4.69) is 58.5 Å². The van der Waals surface area contributed by atoms with Crippen molar-refractivity contribution >= 4 is 34.9 Å². The number of halogens is 1. The van der Waals surface area contributed by atoms with Crippen molar-refractivity contribution in [2.75, 3.05) is 5.01 Å². The fraction of sp³-hybridized carbons (Fsp3) is 0.0714. The van der Waals surface area contributed by atoms with Crippen molar-refractivity contribution in [3.63, 3.8) is 0 Å². The van der Waals surface area contributed by atoms with E-state index in [1.165, 1.54) is 5.56 Å². The lowest BCUT2D eigenvalue weighted by atomic mass is 9.98. The molecule has 0 aliphatic carbocycles. The van der Waals surface area contributed by atoms with Gasteiger partial charge in [0, 0.05) is 17.7 Å². The van der Waals surface area contributed by atoms with Crippen LogP contribution in [-0.2, 0) is 0 Å². The van der Waals surface area contributed by atoms with Crippen LogP contribution in [0.1, 0.15) is 29.2 Å². The first kappa shape index (κ1) is 20.2. The minimum atomic E-state index is 0.144. The molecule has 4 aromatic carbocycles. The van der Waals surface area contributed by atoms with E-state index in [1.54, 1.807) is 0 Å². The molecule has 0 bridgehead atoms. The molecule has 1 aliphatic rings. The maximum Gasteiger partial charge on any atom is 0.0831 e. The van der Waals surface area contributed by atoms with Gasteiger partial charge in [-0.25, -0.2) is 0 Å². The van der Waals surface area contributed by atoms with Gasteiger partial charge in [-0.3, -0.25) is 10.0 Å². The molecule has 156 valence electrons. The maximum atomic E-state index is 6.09. The minimum Gasteiger partial charge on any atom is -0.257 e. The Morgan fingerprint density at radius 1 is 0.781 bits per heavy atom. The smallest absolute Gasteiger partial charge is 0.0831 e. The third-order valence-corrected chi connectivity index (χ3v) is 5.80. The third-order valence-electron chi connectivity index (χ3n) is 5.55. The van der Waals surface area contributed by atoms with E-state index in [0.29, 0.717) is 0 Å². The summed E-state index contributed by atoms with van der Waals surface area (Å²) in [5, 5.41) is 7.87. The van der Waals surface area contributed by atoms with E-state index in [0.717, 1.165) is 39.7 Å². The molecule has 1 heterocycles. The maximum absolute atomic E-state index is 6.09. The molecule has 1 aliphatic heterocycles. The number of aliphatic imine (C=N–C) groups is 1. The Morgan fingerprint density at radius 3 is 2.12 bits per heavy atom. The molecule has 0 N–H and O–H groups in total. The van der Waals surface area contributed by atoms with E-state index in [9.17, 15) is 0 Å². The van der Waals surface area contributed by atoms with Crippen molar-refractivity contribution < 1.29 is 0 Å². The molecule has 0 spiro atoms. The van der Waals surface area contributed by atoms with Crippen LogP contribution in [0, 0.1) is 0 Å². The zero-order valence-electron chi connectivity index (χ0n) is 17.5. The Bertz CT molecular complexity index is 1230. The second kappa shape index (κ2) is 9.21. The number of hydrazone groups is 1. The van der Waals surface area contributed by atoms with E-state index in [1.807, 2.05) is 66.9 Å². The predicted octanol–water partition coefficient (Wildman–Crippen LogP) is 7.45. The lowest BCUT2D eigenvalue weighted by Gasteiger charge is -2.24. The van der Waals surface area contributed by atoms with Gasteiger partial charge in [-0.05, 0) is 53.1 Å². The van der Waals surface area contributed by atoms with E-state index in [-0.39, 0.29) is 6.04 Å². The summed E-state index contributed by atoms with van der Waals surface area (Å²) in [6, 6.07) is 36.9. The van der Waals surface area contributed by atoms with Crippen LogP contribution in [0.3, 0.4) is 0 Å². The first-order valence-electron chi connectivity index (χ1n) is 10.6. The summed E-state index contributed by atoms with van der Waals surface area (Å²) in [6.07, 6.45) is 2.73. The first-order chi connectivity index (χ1) is 15.8. The average Bonchev–Trinajstić information content (AvgIpc) is 3.30. The molecule has 1 atom stereocenters. The summed E-state index contributed by atoms with van der Waals surface area (Å²) in [7, 11) is 0. The largest absolute Gasteiger partial charge is 0.257 e. The van der Waals surface area contributed by atoms with Gasteiger partial charge in [0.25, 0.3) is 0 Å². The van der Waals surface area contributed by atoms with Crippen molar-refractivity contribution in [3.05, 3.63) is 131 Å². The number of para-hydroxylation sites is 1. The molecule has 4 aromatic rings. The molecule has 4 heteroatoms. The van der Waals surface area contributed by atoms with Crippen molar-refractivity contribution in [3.8, 4) is 0 Å². The summed E-state index contributed by atoms with van der Waals surface area (Å²) >= 11 is 6.09. The quantitative estimate of drug-likeness (QED) is 0.299. The van der Waals surface area contributed by atoms with E-state index >= 15 is 0 Å². The topological polar surface area (TPSA) is 28.0 Å². The molecule has 0 saturated carbocycles. The molecule has 0 unspecified atom stereocenters. The minimum absolute atomic E-state index is 0.144. The Morgan fingerprint density at radius 2 is 1.44 bits per heavy atom. The lowest BCUT2D eigenvalue weighted by Crippen LogP contribution is -2.18. The highest BCUT2D eigenvalue weighted by molar-refractivity contribution is 6.30. The van der Waals surface area contributed by atoms with Crippen molar-refractivity contribution in [1.82, 2.24) is 0 Å². The van der Waals surface area contributed by atoms with Gasteiger partial charge < -0.3 is 0 Å². The monoisotopic (exact) mass is 435 g/mol. The van der Waals surface area contributed by atoms with Crippen LogP contribution >= 0.6 is 11.6 Å². The number of nitrogens with zero attached hydrogens (tertiary/aromatic N) is 3. The zero-order valence-corrected chi connectivity index (χ0v) is 18.2. The molecule has 0 saturated heterocycles. The molecule has 32 heavy (non-hydrogen) atoms. The second-order valence-corrected chi connectivity index (χ2v) is 8.15. The highest BCUT2D eigenvalue weighted by Crippen LogP contribution is 2.36. The van der Waals surface area contributed by atoms with Crippen LogP contribution in [-0.4, -0.2) is 11.9 Å². The molecule has 0 fully saturated rings. The Kier molecular flexibility index (Phi) is 5.82. The molecule has 3 nitrogen and oxygen atoms in total. The van der Waals surface area contributed by atoms with Crippen molar-refractivity contribution in [2.45, 2.75) is 12.5 Å².